The molecular weight excluding hydrogens is 480 g/mol. The van der Waals surface area contributed by atoms with Crippen LogP contribution in [0, 0.1) is 0 Å². The van der Waals surface area contributed by atoms with Gasteiger partial charge in [-0.2, -0.15) is 0 Å². The van der Waals surface area contributed by atoms with Gasteiger partial charge in [0, 0.05) is 22.7 Å². The number of primary sulfonamides is 1. The maximum atomic E-state index is 11.4. The van der Waals surface area contributed by atoms with Gasteiger partial charge in [0.2, 0.25) is 10.0 Å². The molecule has 5 N–H and O–H groups in total. The third kappa shape index (κ3) is 4.50. The average Bonchev–Trinajstić information content (AvgIpc) is 3.53. The number of hydrogen-bond acceptors (Lipinski definition) is 10. The van der Waals surface area contributed by atoms with Crippen molar-refractivity contribution in [2.75, 3.05) is 11.1 Å². The first kappa shape index (κ1) is 21.3. The number of nitrogens with two attached hydrogens (primary N) is 2. The van der Waals surface area contributed by atoms with Gasteiger partial charge in [0.1, 0.15) is 27.1 Å². The fourth-order valence-corrected chi connectivity index (χ4v) is 5.35. The summed E-state index contributed by atoms with van der Waals surface area (Å²) in [6.45, 7) is 0. The molecule has 9 nitrogen and oxygen atoms in total. The number of hydrogen-bond donors (Lipinski definition) is 3. The average molecular weight is 497 g/mol. The number of nitrogens with zero attached hydrogens (tertiary/aromatic N) is 3. The molecule has 33 heavy (non-hydrogen) atoms. The number of sulfonamides is 1. The fraction of sp³-hybridized carbons (Fsp3) is 0. The molecule has 0 aliphatic heterocycles. The molecule has 0 aliphatic carbocycles. The first-order valence-corrected chi connectivity index (χ1v) is 12.8. The van der Waals surface area contributed by atoms with Crippen LogP contribution in [0.15, 0.2) is 75.5 Å². The molecule has 0 saturated carbocycles. The van der Waals surface area contributed by atoms with Gasteiger partial charge >= 0.3 is 0 Å². The van der Waals surface area contributed by atoms with Crippen molar-refractivity contribution in [3.63, 3.8) is 0 Å². The van der Waals surface area contributed by atoms with Crippen molar-refractivity contribution in [3.8, 4) is 32.6 Å². The Balaban J connectivity index is 1.36. The number of aromatic nitrogens is 3. The summed E-state index contributed by atoms with van der Waals surface area (Å²) in [4.78, 5) is 9.75. The molecule has 0 fully saturated rings. The molecule has 0 saturated heterocycles. The van der Waals surface area contributed by atoms with Crippen molar-refractivity contribution in [2.45, 2.75) is 4.90 Å². The lowest BCUT2D eigenvalue weighted by atomic mass is 10.1. The highest BCUT2D eigenvalue weighted by atomic mass is 32.2. The molecule has 0 spiro atoms. The molecule has 0 unspecified atom stereocenters. The van der Waals surface area contributed by atoms with Crippen LogP contribution in [0.1, 0.15) is 0 Å². The number of nitrogen functional groups attached to an aromatic ring is 1. The van der Waals surface area contributed by atoms with Gasteiger partial charge in [-0.1, -0.05) is 46.8 Å². The Hall–Kier alpha value is -3.58. The highest BCUT2D eigenvalue weighted by Gasteiger charge is 2.17. The van der Waals surface area contributed by atoms with Crippen molar-refractivity contribution in [1.29, 1.82) is 0 Å². The van der Waals surface area contributed by atoms with E-state index in [-0.39, 0.29) is 4.90 Å². The van der Waals surface area contributed by atoms with E-state index in [1.165, 1.54) is 34.8 Å². The number of thiazole rings is 2. The molecule has 0 atom stereocenters. The molecule has 166 valence electrons. The zero-order chi connectivity index (χ0) is 23.0. The second-order valence-corrected chi connectivity index (χ2v) is 10.3. The lowest BCUT2D eigenvalue weighted by molar-refractivity contribution is 0.434. The van der Waals surface area contributed by atoms with Crippen LogP contribution in [0.25, 0.3) is 32.6 Å². The van der Waals surface area contributed by atoms with Gasteiger partial charge in [-0.05, 0) is 24.3 Å². The van der Waals surface area contributed by atoms with Gasteiger partial charge in [-0.3, -0.25) is 0 Å². The SMILES string of the molecule is Nc1nc(Nc2ccc(S(N)(=O)=O)cc2)sc1-c1nc(-c2cc(-c3ccccc3)no2)cs1. The van der Waals surface area contributed by atoms with Crippen LogP contribution in [0.5, 0.6) is 0 Å². The molecule has 0 bridgehead atoms. The van der Waals surface area contributed by atoms with E-state index in [1.807, 2.05) is 41.8 Å². The van der Waals surface area contributed by atoms with E-state index in [1.54, 1.807) is 12.1 Å². The first-order valence-electron chi connectivity index (χ1n) is 9.51. The highest BCUT2D eigenvalue weighted by molar-refractivity contribution is 7.89. The minimum absolute atomic E-state index is 0.0329. The molecule has 12 heteroatoms. The Morgan fingerprint density at radius 3 is 2.45 bits per heavy atom. The van der Waals surface area contributed by atoms with Gasteiger partial charge in [-0.15, -0.1) is 11.3 Å². The van der Waals surface area contributed by atoms with E-state index in [0.29, 0.717) is 33.1 Å². The molecule has 3 heterocycles. The summed E-state index contributed by atoms with van der Waals surface area (Å²) in [5.74, 6) is 0.903. The largest absolute Gasteiger partial charge is 0.382 e. The Morgan fingerprint density at radius 1 is 0.970 bits per heavy atom. The van der Waals surface area contributed by atoms with Gasteiger partial charge in [0.05, 0.1) is 4.90 Å². The zero-order valence-electron chi connectivity index (χ0n) is 16.8. The third-order valence-corrected chi connectivity index (χ3v) is 7.53. The van der Waals surface area contributed by atoms with E-state index in [9.17, 15) is 8.42 Å². The molecule has 3 aromatic heterocycles. The van der Waals surface area contributed by atoms with Crippen LogP contribution >= 0.6 is 22.7 Å². The van der Waals surface area contributed by atoms with E-state index in [2.05, 4.69) is 20.4 Å². The van der Waals surface area contributed by atoms with Crippen LogP contribution in [0.4, 0.5) is 16.6 Å². The predicted octanol–water partition coefficient (Wildman–Crippen LogP) is 4.56. The fourth-order valence-electron chi connectivity index (χ4n) is 3.02. The number of rotatable bonds is 6. The zero-order valence-corrected chi connectivity index (χ0v) is 19.2. The van der Waals surface area contributed by atoms with Crippen LogP contribution in [-0.2, 0) is 10.0 Å². The summed E-state index contributed by atoms with van der Waals surface area (Å²) in [6, 6.07) is 17.6. The quantitative estimate of drug-likeness (QED) is 0.309. The predicted molar refractivity (Wildman–Crippen MR) is 130 cm³/mol. The monoisotopic (exact) mass is 496 g/mol. The molecular formula is C21H16N6O3S3. The Morgan fingerprint density at radius 2 is 1.73 bits per heavy atom. The van der Waals surface area contributed by atoms with E-state index in [4.69, 9.17) is 15.4 Å². The second-order valence-electron chi connectivity index (χ2n) is 6.91. The third-order valence-electron chi connectivity index (χ3n) is 4.62. The Kier molecular flexibility index (Phi) is 5.42. The first-order chi connectivity index (χ1) is 15.9. The molecule has 2 aromatic carbocycles. The maximum Gasteiger partial charge on any atom is 0.238 e. The van der Waals surface area contributed by atoms with Crippen LogP contribution in [0.2, 0.25) is 0 Å². The topological polar surface area (TPSA) is 150 Å². The minimum Gasteiger partial charge on any atom is -0.382 e. The summed E-state index contributed by atoms with van der Waals surface area (Å²) in [5.41, 5.74) is 9.13. The standard InChI is InChI=1S/C21H16N6O3S3/c22-19-18(32-21(26-19)24-13-6-8-14(9-7-13)33(23,28)29)20-25-16(11-31-20)17-10-15(27-30-17)12-4-2-1-3-5-12/h1-11H,22H2,(H,24,26)(H2,23,28,29). The molecule has 0 radical (unpaired) electrons. The van der Waals surface area contributed by atoms with Crippen molar-refractivity contribution < 1.29 is 12.9 Å². The van der Waals surface area contributed by atoms with Gasteiger partial charge < -0.3 is 15.6 Å². The van der Waals surface area contributed by atoms with Crippen LogP contribution in [0.3, 0.4) is 0 Å². The maximum absolute atomic E-state index is 11.4. The van der Waals surface area contributed by atoms with Crippen molar-refractivity contribution in [3.05, 3.63) is 66.0 Å². The number of nitrogens with one attached hydrogen (secondary N) is 1. The van der Waals surface area contributed by atoms with Crippen LogP contribution in [-0.4, -0.2) is 23.5 Å². The van der Waals surface area contributed by atoms with Gasteiger partial charge in [0.15, 0.2) is 10.9 Å². The summed E-state index contributed by atoms with van der Waals surface area (Å²) >= 11 is 2.76. The minimum atomic E-state index is -3.75. The van der Waals surface area contributed by atoms with E-state index in [0.717, 1.165) is 16.1 Å². The number of benzene rings is 2. The van der Waals surface area contributed by atoms with Crippen LogP contribution < -0.4 is 16.2 Å². The lowest BCUT2D eigenvalue weighted by Gasteiger charge is -2.03. The Bertz CT molecular complexity index is 1520. The van der Waals surface area contributed by atoms with Crippen molar-refractivity contribution >= 4 is 49.3 Å². The molecule has 5 rings (SSSR count). The normalized spacial score (nSPS) is 11.5. The van der Waals surface area contributed by atoms with Crippen molar-refractivity contribution in [2.24, 2.45) is 5.14 Å². The summed E-state index contributed by atoms with van der Waals surface area (Å²) in [6.07, 6.45) is 0. The van der Waals surface area contributed by atoms with E-state index < -0.39 is 10.0 Å². The highest BCUT2D eigenvalue weighted by Crippen LogP contribution is 2.39. The van der Waals surface area contributed by atoms with Gasteiger partial charge in [0.25, 0.3) is 0 Å². The summed E-state index contributed by atoms with van der Waals surface area (Å²) in [5, 5.41) is 15.5. The summed E-state index contributed by atoms with van der Waals surface area (Å²) < 4.78 is 28.3. The van der Waals surface area contributed by atoms with E-state index >= 15 is 0 Å². The number of anilines is 3. The smallest absolute Gasteiger partial charge is 0.238 e. The second kappa shape index (κ2) is 8.41. The molecule has 0 amide bonds. The Labute approximate surface area is 196 Å². The van der Waals surface area contributed by atoms with Crippen molar-refractivity contribution in [1.82, 2.24) is 15.1 Å². The lowest BCUT2D eigenvalue weighted by Crippen LogP contribution is -2.11. The summed E-state index contributed by atoms with van der Waals surface area (Å²) in [7, 11) is -3.75. The molecule has 5 aromatic rings. The molecule has 0 aliphatic rings. The van der Waals surface area contributed by atoms with Gasteiger partial charge in [-0.25, -0.2) is 23.5 Å².